The maximum Gasteiger partial charge on any atom is 0.306 e. The van der Waals surface area contributed by atoms with Gasteiger partial charge >= 0.3 is 5.97 Å². The summed E-state index contributed by atoms with van der Waals surface area (Å²) in [6.07, 6.45) is 22.7. The van der Waals surface area contributed by atoms with Gasteiger partial charge in [-0.05, 0) is 87.1 Å². The highest BCUT2D eigenvalue weighted by atomic mass is 16.5. The number of aryl methyl sites for hydroxylation is 2. The minimum absolute atomic E-state index is 0.0902. The fourth-order valence-electron chi connectivity index (χ4n) is 7.77. The molecule has 0 aliphatic carbocycles. The zero-order valence-electron chi connectivity index (χ0n) is 38.2. The van der Waals surface area contributed by atoms with Crippen molar-refractivity contribution in [3.05, 3.63) is 57.6 Å². The molecular weight excluding hydrogens is 677 g/mol. The number of aromatic hydroxyl groups is 2. The largest absolute Gasteiger partial charge is 0.507 e. The van der Waals surface area contributed by atoms with Gasteiger partial charge in [-0.15, -0.1) is 0 Å². The van der Waals surface area contributed by atoms with Gasteiger partial charge in [-0.3, -0.25) is 4.79 Å². The van der Waals surface area contributed by atoms with Crippen LogP contribution < -0.4 is 0 Å². The van der Waals surface area contributed by atoms with Crippen molar-refractivity contribution in [3.8, 4) is 11.5 Å². The second kappa shape index (κ2) is 22.4. The van der Waals surface area contributed by atoms with Crippen molar-refractivity contribution in [2.24, 2.45) is 0 Å². The summed E-state index contributed by atoms with van der Waals surface area (Å²) in [4.78, 5) is 13.4. The Morgan fingerprint density at radius 2 is 0.764 bits per heavy atom. The zero-order chi connectivity index (χ0) is 41.5. The molecule has 0 amide bonds. The Morgan fingerprint density at radius 3 is 1.04 bits per heavy atom. The second-order valence-corrected chi connectivity index (χ2v) is 21.0. The molecule has 0 atom stereocenters. The quantitative estimate of drug-likeness (QED) is 0.0874. The minimum Gasteiger partial charge on any atom is -0.507 e. The predicted octanol–water partition coefficient (Wildman–Crippen LogP) is 15.0. The van der Waals surface area contributed by atoms with Gasteiger partial charge in [-0.2, -0.15) is 0 Å². The molecule has 0 saturated carbocycles. The van der Waals surface area contributed by atoms with Crippen LogP contribution in [0.25, 0.3) is 0 Å². The molecule has 55 heavy (non-hydrogen) atoms. The van der Waals surface area contributed by atoms with E-state index in [-0.39, 0.29) is 33.7 Å². The fourth-order valence-corrected chi connectivity index (χ4v) is 7.77. The Labute approximate surface area is 340 Å². The number of esters is 1. The van der Waals surface area contributed by atoms with Crippen LogP contribution in [0, 0.1) is 0 Å². The van der Waals surface area contributed by atoms with Crippen LogP contribution in [0.5, 0.6) is 11.5 Å². The van der Waals surface area contributed by atoms with Crippen LogP contribution in [-0.2, 0) is 44.0 Å². The Morgan fingerprint density at radius 1 is 0.491 bits per heavy atom. The summed E-state index contributed by atoms with van der Waals surface area (Å²) in [6, 6.07) is 8.63. The number of hydrogen-bond acceptors (Lipinski definition) is 4. The van der Waals surface area contributed by atoms with Crippen molar-refractivity contribution in [2.75, 3.05) is 0 Å². The van der Waals surface area contributed by atoms with E-state index in [1.165, 1.54) is 94.6 Å². The number of carbonyl (C=O) groups excluding carboxylic acids is 1. The normalized spacial score (nSPS) is 12.8. The van der Waals surface area contributed by atoms with Gasteiger partial charge in [0.15, 0.2) is 0 Å². The van der Waals surface area contributed by atoms with E-state index in [9.17, 15) is 15.0 Å². The minimum atomic E-state index is -0.223. The van der Waals surface area contributed by atoms with E-state index in [1.54, 1.807) is 0 Å². The van der Waals surface area contributed by atoms with E-state index in [0.29, 0.717) is 17.9 Å². The highest BCUT2D eigenvalue weighted by Crippen LogP contribution is 2.42. The summed E-state index contributed by atoms with van der Waals surface area (Å²) >= 11 is 0. The van der Waals surface area contributed by atoms with Crippen molar-refractivity contribution in [3.63, 3.8) is 0 Å². The molecule has 4 nitrogen and oxygen atoms in total. The number of benzene rings is 2. The van der Waals surface area contributed by atoms with E-state index < -0.39 is 0 Å². The summed E-state index contributed by atoms with van der Waals surface area (Å²) in [7, 11) is 0. The lowest BCUT2D eigenvalue weighted by Gasteiger charge is -2.29. The molecule has 2 N–H and O–H groups in total. The number of ether oxygens (including phenoxy) is 1. The summed E-state index contributed by atoms with van der Waals surface area (Å²) in [6.45, 7) is 28.1. The smallest absolute Gasteiger partial charge is 0.306 e. The second-order valence-electron chi connectivity index (χ2n) is 21.0. The van der Waals surface area contributed by atoms with Gasteiger partial charge in [-0.25, -0.2) is 0 Å². The summed E-state index contributed by atoms with van der Waals surface area (Å²) in [5, 5.41) is 22.6. The molecule has 2 rings (SSSR count). The molecule has 0 aromatic heterocycles. The first kappa shape index (κ1) is 48.7. The van der Waals surface area contributed by atoms with E-state index >= 15 is 0 Å². The first-order valence-corrected chi connectivity index (χ1v) is 22.5. The Kier molecular flexibility index (Phi) is 19.9. The van der Waals surface area contributed by atoms with E-state index in [4.69, 9.17) is 4.74 Å². The first-order valence-electron chi connectivity index (χ1n) is 22.5. The third kappa shape index (κ3) is 17.7. The molecule has 2 aromatic rings. The molecule has 2 aromatic carbocycles. The molecular formula is C51H86O4. The van der Waals surface area contributed by atoms with Crippen LogP contribution in [0.1, 0.15) is 239 Å². The summed E-state index contributed by atoms with van der Waals surface area (Å²) in [5.74, 6) is 0.700. The maximum atomic E-state index is 13.4. The van der Waals surface area contributed by atoms with Crippen LogP contribution in [0.2, 0.25) is 0 Å². The number of carbonyl (C=O) groups is 1. The molecule has 4 heteroatoms. The lowest BCUT2D eigenvalue weighted by atomic mass is 9.77. The molecule has 0 spiro atoms. The average Bonchev–Trinajstić information content (AvgIpc) is 3.06. The van der Waals surface area contributed by atoms with Crippen LogP contribution >= 0.6 is 0 Å². The predicted molar refractivity (Wildman–Crippen MR) is 237 cm³/mol. The number of phenols is 2. The van der Waals surface area contributed by atoms with Gasteiger partial charge in [0.25, 0.3) is 0 Å². The molecule has 0 fully saturated rings. The highest BCUT2D eigenvalue weighted by molar-refractivity contribution is 5.69. The van der Waals surface area contributed by atoms with Gasteiger partial charge in [-0.1, -0.05) is 204 Å². The average molecular weight is 763 g/mol. The number of rotatable bonds is 23. The van der Waals surface area contributed by atoms with E-state index in [2.05, 4.69) is 114 Å². The van der Waals surface area contributed by atoms with Gasteiger partial charge < -0.3 is 14.9 Å². The van der Waals surface area contributed by atoms with E-state index in [0.717, 1.165) is 60.8 Å². The number of phenolic OH excluding ortho intramolecular Hbond substituents is 2. The monoisotopic (exact) mass is 763 g/mol. The van der Waals surface area contributed by atoms with Gasteiger partial charge in [0.05, 0.1) is 0 Å². The van der Waals surface area contributed by atoms with Crippen molar-refractivity contribution in [1.29, 1.82) is 0 Å². The first-order chi connectivity index (χ1) is 25.6. The van der Waals surface area contributed by atoms with Crippen molar-refractivity contribution >= 4 is 5.97 Å². The SMILES string of the molecule is CCCCCCCCCCCCCCCCCC(=O)OC(CCc1cc(C(C)(C)C)c(O)c(C(C)(C)C)c1)CCc1cc(C(C)(C)C)c(O)c(C(C)(C)C)c1. The summed E-state index contributed by atoms with van der Waals surface area (Å²) in [5.41, 5.74) is 5.39. The van der Waals surface area contributed by atoms with Crippen LogP contribution in [0.15, 0.2) is 24.3 Å². The van der Waals surface area contributed by atoms with Crippen molar-refractivity contribution in [1.82, 2.24) is 0 Å². The number of unbranched alkanes of at least 4 members (excludes halogenated alkanes) is 14. The van der Waals surface area contributed by atoms with Gasteiger partial charge in [0, 0.05) is 6.42 Å². The van der Waals surface area contributed by atoms with Crippen LogP contribution in [-0.4, -0.2) is 22.3 Å². The standard InChI is InChI=1S/C51H86O4/c1-14-15-16-17-18-19-20-21-22-23-24-25-26-27-28-29-45(52)55-40(32-30-38-34-41(48(2,3)4)46(53)42(35-38)49(5,6)7)33-31-39-36-43(50(8,9)10)47(54)44(37-39)51(11,12)13/h34-37,40,53-54H,14-33H2,1-13H3. The molecule has 0 saturated heterocycles. The third-order valence-electron chi connectivity index (χ3n) is 11.4. The van der Waals surface area contributed by atoms with E-state index in [1.807, 2.05) is 0 Å². The highest BCUT2D eigenvalue weighted by Gasteiger charge is 2.29. The molecule has 0 unspecified atom stereocenters. The van der Waals surface area contributed by atoms with Gasteiger partial charge in [0.2, 0.25) is 0 Å². The molecule has 0 aliphatic heterocycles. The lowest BCUT2D eigenvalue weighted by Crippen LogP contribution is -2.21. The Hall–Kier alpha value is -2.49. The topological polar surface area (TPSA) is 66.8 Å². The Balaban J connectivity index is 2.08. The number of hydrogen-bond donors (Lipinski definition) is 2. The van der Waals surface area contributed by atoms with Crippen LogP contribution in [0.3, 0.4) is 0 Å². The van der Waals surface area contributed by atoms with Crippen molar-refractivity contribution in [2.45, 2.75) is 246 Å². The molecule has 0 bridgehead atoms. The van der Waals surface area contributed by atoms with Gasteiger partial charge in [0.1, 0.15) is 17.6 Å². The Bertz CT molecular complexity index is 1270. The zero-order valence-corrected chi connectivity index (χ0v) is 38.2. The molecule has 314 valence electrons. The third-order valence-corrected chi connectivity index (χ3v) is 11.4. The maximum absolute atomic E-state index is 13.4. The van der Waals surface area contributed by atoms with Crippen LogP contribution in [0.4, 0.5) is 0 Å². The lowest BCUT2D eigenvalue weighted by molar-refractivity contribution is -0.149. The summed E-state index contributed by atoms with van der Waals surface area (Å²) < 4.78 is 6.31. The fraction of sp³-hybridized carbons (Fsp3) is 0.745. The molecule has 0 radical (unpaired) electrons. The molecule has 0 aliphatic rings. The molecule has 0 heterocycles. The van der Waals surface area contributed by atoms with Crippen molar-refractivity contribution < 1.29 is 19.7 Å².